The third-order valence-electron chi connectivity index (χ3n) is 4.48. The number of nitrogens with zero attached hydrogens (tertiary/aromatic N) is 2. The van der Waals surface area contributed by atoms with Crippen molar-refractivity contribution in [2.24, 2.45) is 5.73 Å². The maximum absolute atomic E-state index is 6.22. The van der Waals surface area contributed by atoms with Gasteiger partial charge in [-0.3, -0.25) is 9.97 Å². The SMILES string of the molecule is NC1CCCc2ccc(Cc3ccc4c(Br)cccc4n3)nc21. The highest BCUT2D eigenvalue weighted by Gasteiger charge is 2.18. The van der Waals surface area contributed by atoms with Crippen LogP contribution >= 0.6 is 15.9 Å². The average molecular weight is 368 g/mol. The predicted molar refractivity (Wildman–Crippen MR) is 96.4 cm³/mol. The second-order valence-electron chi connectivity index (χ2n) is 6.13. The summed E-state index contributed by atoms with van der Waals surface area (Å²) in [6, 6.07) is 14.7. The van der Waals surface area contributed by atoms with Crippen LogP contribution in [0.15, 0.2) is 46.9 Å². The minimum absolute atomic E-state index is 0.0826. The number of pyridine rings is 2. The van der Waals surface area contributed by atoms with Gasteiger partial charge in [-0.05, 0) is 55.2 Å². The summed E-state index contributed by atoms with van der Waals surface area (Å²) in [6.07, 6.45) is 4.03. The van der Waals surface area contributed by atoms with Crippen molar-refractivity contribution in [1.29, 1.82) is 0 Å². The van der Waals surface area contributed by atoms with E-state index >= 15 is 0 Å². The molecule has 116 valence electrons. The van der Waals surface area contributed by atoms with Gasteiger partial charge >= 0.3 is 0 Å². The Morgan fingerprint density at radius 3 is 2.78 bits per heavy atom. The molecule has 0 aliphatic heterocycles. The number of aromatic nitrogens is 2. The van der Waals surface area contributed by atoms with Crippen LogP contribution in [0.5, 0.6) is 0 Å². The zero-order chi connectivity index (χ0) is 15.8. The van der Waals surface area contributed by atoms with Gasteiger partial charge < -0.3 is 5.73 Å². The Labute approximate surface area is 144 Å². The maximum atomic E-state index is 6.22. The van der Waals surface area contributed by atoms with Crippen LogP contribution in [0.3, 0.4) is 0 Å². The molecule has 2 aromatic heterocycles. The van der Waals surface area contributed by atoms with E-state index in [2.05, 4.69) is 40.2 Å². The molecule has 0 saturated heterocycles. The Bertz CT molecular complexity index is 876. The number of nitrogens with two attached hydrogens (primary N) is 1. The van der Waals surface area contributed by atoms with Crippen LogP contribution in [0.25, 0.3) is 10.9 Å². The van der Waals surface area contributed by atoms with E-state index in [9.17, 15) is 0 Å². The number of aryl methyl sites for hydroxylation is 1. The van der Waals surface area contributed by atoms with Crippen LogP contribution in [0, 0.1) is 0 Å². The van der Waals surface area contributed by atoms with Crippen molar-refractivity contribution in [3.05, 3.63) is 69.6 Å². The van der Waals surface area contributed by atoms with Crippen LogP contribution < -0.4 is 5.73 Å². The van der Waals surface area contributed by atoms with E-state index in [1.165, 1.54) is 5.56 Å². The van der Waals surface area contributed by atoms with Gasteiger partial charge in [-0.15, -0.1) is 0 Å². The van der Waals surface area contributed by atoms with Crippen molar-refractivity contribution in [2.75, 3.05) is 0 Å². The van der Waals surface area contributed by atoms with Gasteiger partial charge in [-0.2, -0.15) is 0 Å². The summed E-state index contributed by atoms with van der Waals surface area (Å²) in [5.41, 5.74) is 11.7. The fraction of sp³-hybridized carbons (Fsp3) is 0.263. The van der Waals surface area contributed by atoms with Crippen LogP contribution in [-0.4, -0.2) is 9.97 Å². The molecular formula is C19H18BrN3. The zero-order valence-electron chi connectivity index (χ0n) is 12.8. The average Bonchev–Trinajstić information content (AvgIpc) is 2.56. The highest BCUT2D eigenvalue weighted by Crippen LogP contribution is 2.27. The summed E-state index contributed by atoms with van der Waals surface area (Å²) in [4.78, 5) is 9.57. The lowest BCUT2D eigenvalue weighted by atomic mass is 9.92. The van der Waals surface area contributed by atoms with E-state index in [1.807, 2.05) is 18.2 Å². The van der Waals surface area contributed by atoms with Crippen LogP contribution in [0.4, 0.5) is 0 Å². The molecular weight excluding hydrogens is 350 g/mol. The zero-order valence-corrected chi connectivity index (χ0v) is 14.4. The molecule has 0 bridgehead atoms. The monoisotopic (exact) mass is 367 g/mol. The van der Waals surface area contributed by atoms with Gasteiger partial charge in [0.2, 0.25) is 0 Å². The van der Waals surface area contributed by atoms with E-state index in [0.29, 0.717) is 0 Å². The fourth-order valence-electron chi connectivity index (χ4n) is 3.27. The summed E-state index contributed by atoms with van der Waals surface area (Å²) < 4.78 is 1.08. The van der Waals surface area contributed by atoms with Crippen molar-refractivity contribution in [3.63, 3.8) is 0 Å². The first-order valence-electron chi connectivity index (χ1n) is 7.99. The van der Waals surface area contributed by atoms with Crippen molar-refractivity contribution in [1.82, 2.24) is 9.97 Å². The molecule has 1 atom stereocenters. The molecule has 0 spiro atoms. The number of fused-ring (bicyclic) bond motifs is 2. The predicted octanol–water partition coefficient (Wildman–Crippen LogP) is 4.32. The summed E-state index contributed by atoms with van der Waals surface area (Å²) in [5.74, 6) is 0. The van der Waals surface area contributed by atoms with Crippen molar-refractivity contribution >= 4 is 26.8 Å². The molecule has 2 N–H and O–H groups in total. The van der Waals surface area contributed by atoms with E-state index in [0.717, 1.165) is 58.1 Å². The molecule has 4 rings (SSSR count). The van der Waals surface area contributed by atoms with Gasteiger partial charge in [0, 0.05) is 33.7 Å². The maximum Gasteiger partial charge on any atom is 0.0716 e. The number of halogens is 1. The Hall–Kier alpha value is -1.78. The van der Waals surface area contributed by atoms with Crippen molar-refractivity contribution in [2.45, 2.75) is 31.7 Å². The van der Waals surface area contributed by atoms with E-state index < -0.39 is 0 Å². The fourth-order valence-corrected chi connectivity index (χ4v) is 3.76. The highest BCUT2D eigenvalue weighted by molar-refractivity contribution is 9.10. The minimum Gasteiger partial charge on any atom is -0.323 e. The van der Waals surface area contributed by atoms with Crippen LogP contribution in [0.2, 0.25) is 0 Å². The van der Waals surface area contributed by atoms with Gasteiger partial charge in [-0.1, -0.05) is 28.1 Å². The molecule has 0 fully saturated rings. The lowest BCUT2D eigenvalue weighted by Crippen LogP contribution is -2.19. The topological polar surface area (TPSA) is 51.8 Å². The van der Waals surface area contributed by atoms with E-state index in [1.54, 1.807) is 0 Å². The van der Waals surface area contributed by atoms with Crippen molar-refractivity contribution < 1.29 is 0 Å². The first-order valence-corrected chi connectivity index (χ1v) is 8.78. The molecule has 0 amide bonds. The molecule has 1 aliphatic carbocycles. The normalized spacial score (nSPS) is 17.2. The summed E-state index contributed by atoms with van der Waals surface area (Å²) in [6.45, 7) is 0. The minimum atomic E-state index is 0.0826. The van der Waals surface area contributed by atoms with Gasteiger partial charge in [0.1, 0.15) is 0 Å². The lowest BCUT2D eigenvalue weighted by molar-refractivity contribution is 0.552. The second-order valence-corrected chi connectivity index (χ2v) is 6.99. The summed E-state index contributed by atoms with van der Waals surface area (Å²) in [5, 5.41) is 1.14. The standard InChI is InChI=1S/C19H18BrN3/c20-16-4-2-6-18-15(16)10-9-13(22-18)11-14-8-7-12-3-1-5-17(21)19(12)23-14/h2,4,6-10,17H,1,3,5,11,21H2. The van der Waals surface area contributed by atoms with Crippen molar-refractivity contribution in [3.8, 4) is 0 Å². The molecule has 1 unspecified atom stereocenters. The van der Waals surface area contributed by atoms with Gasteiger partial charge in [0.05, 0.1) is 11.2 Å². The largest absolute Gasteiger partial charge is 0.323 e. The number of hydrogen-bond donors (Lipinski definition) is 1. The highest BCUT2D eigenvalue weighted by atomic mass is 79.9. The first kappa shape index (κ1) is 14.8. The molecule has 1 aromatic carbocycles. The van der Waals surface area contributed by atoms with Gasteiger partial charge in [0.15, 0.2) is 0 Å². The van der Waals surface area contributed by atoms with Crippen LogP contribution in [0.1, 0.15) is 41.5 Å². The molecule has 1 aliphatic rings. The second kappa shape index (κ2) is 6.02. The van der Waals surface area contributed by atoms with E-state index in [-0.39, 0.29) is 6.04 Å². The molecule has 2 heterocycles. The van der Waals surface area contributed by atoms with E-state index in [4.69, 9.17) is 15.7 Å². The quantitative estimate of drug-likeness (QED) is 0.733. The molecule has 23 heavy (non-hydrogen) atoms. The Morgan fingerprint density at radius 1 is 1.04 bits per heavy atom. The third kappa shape index (κ3) is 2.89. The summed E-state index contributed by atoms with van der Waals surface area (Å²) in [7, 11) is 0. The lowest BCUT2D eigenvalue weighted by Gasteiger charge is -2.21. The van der Waals surface area contributed by atoms with Gasteiger partial charge in [-0.25, -0.2) is 0 Å². The Balaban J connectivity index is 1.67. The molecule has 4 heteroatoms. The smallest absolute Gasteiger partial charge is 0.0716 e. The summed E-state index contributed by atoms with van der Waals surface area (Å²) >= 11 is 3.57. The molecule has 0 radical (unpaired) electrons. The number of hydrogen-bond acceptors (Lipinski definition) is 3. The van der Waals surface area contributed by atoms with Crippen LogP contribution in [-0.2, 0) is 12.8 Å². The molecule has 3 nitrogen and oxygen atoms in total. The third-order valence-corrected chi connectivity index (χ3v) is 5.17. The molecule has 0 saturated carbocycles. The first-order chi connectivity index (χ1) is 11.2. The number of benzene rings is 1. The van der Waals surface area contributed by atoms with Gasteiger partial charge in [0.25, 0.3) is 0 Å². The Morgan fingerprint density at radius 2 is 1.87 bits per heavy atom. The number of rotatable bonds is 2. The molecule has 3 aromatic rings. The Kier molecular flexibility index (Phi) is 3.87.